The van der Waals surface area contributed by atoms with E-state index >= 15 is 0 Å². The van der Waals surface area contributed by atoms with Gasteiger partial charge in [0, 0.05) is 0 Å². The SMILES string of the molecule is N#CC1(c2ccc(Cl)c(Cl)c2)CCC1.NC(=O)C1(c2ccc(Cl)c(Cl)c2)CCC1. The van der Waals surface area contributed by atoms with E-state index in [1.807, 2.05) is 18.2 Å². The summed E-state index contributed by atoms with van der Waals surface area (Å²) in [6, 6.07) is 13.1. The predicted octanol–water partition coefficient (Wildman–Crippen LogP) is 6.84. The Morgan fingerprint density at radius 3 is 1.66 bits per heavy atom. The van der Waals surface area contributed by atoms with Gasteiger partial charge in [-0.25, -0.2) is 0 Å². The fraction of sp³-hybridized carbons (Fsp3) is 0.364. The molecule has 0 bridgehead atoms. The van der Waals surface area contributed by atoms with Gasteiger partial charge in [-0.05, 0) is 67.5 Å². The molecule has 0 atom stereocenters. The van der Waals surface area contributed by atoms with Crippen LogP contribution in [0.4, 0.5) is 0 Å². The van der Waals surface area contributed by atoms with Crippen LogP contribution in [0.2, 0.25) is 20.1 Å². The summed E-state index contributed by atoms with van der Waals surface area (Å²) >= 11 is 23.5. The number of benzene rings is 2. The fourth-order valence-corrected chi connectivity index (χ4v) is 4.39. The first kappa shape index (κ1) is 22.2. The average Bonchev–Trinajstić information content (AvgIpc) is 2.60. The Morgan fingerprint density at radius 2 is 1.31 bits per heavy atom. The van der Waals surface area contributed by atoms with Crippen molar-refractivity contribution in [1.82, 2.24) is 0 Å². The summed E-state index contributed by atoms with van der Waals surface area (Å²) in [5.41, 5.74) is 6.52. The summed E-state index contributed by atoms with van der Waals surface area (Å²) in [5.74, 6) is -0.271. The van der Waals surface area contributed by atoms with Crippen molar-refractivity contribution in [3.8, 4) is 6.07 Å². The molecular formula is C22H20Cl4N2O. The number of nitriles is 1. The van der Waals surface area contributed by atoms with Crippen LogP contribution in [0.3, 0.4) is 0 Å². The molecule has 0 aliphatic heterocycles. The summed E-state index contributed by atoms with van der Waals surface area (Å²) < 4.78 is 0. The topological polar surface area (TPSA) is 66.9 Å². The molecule has 29 heavy (non-hydrogen) atoms. The van der Waals surface area contributed by atoms with Crippen molar-refractivity contribution in [3.05, 3.63) is 67.6 Å². The third kappa shape index (κ3) is 4.23. The number of nitrogens with zero attached hydrogens (tertiary/aromatic N) is 1. The average molecular weight is 470 g/mol. The van der Waals surface area contributed by atoms with Crippen molar-refractivity contribution in [2.75, 3.05) is 0 Å². The maximum Gasteiger partial charge on any atom is 0.228 e. The lowest BCUT2D eigenvalue weighted by Gasteiger charge is -2.39. The number of halogens is 4. The van der Waals surface area contributed by atoms with Gasteiger partial charge in [-0.15, -0.1) is 0 Å². The van der Waals surface area contributed by atoms with E-state index in [1.54, 1.807) is 18.2 Å². The quantitative estimate of drug-likeness (QED) is 0.534. The van der Waals surface area contributed by atoms with Crippen molar-refractivity contribution in [1.29, 1.82) is 5.26 Å². The highest BCUT2D eigenvalue weighted by atomic mass is 35.5. The normalized spacial score (nSPS) is 18.3. The van der Waals surface area contributed by atoms with Crippen molar-refractivity contribution in [2.45, 2.75) is 49.4 Å². The zero-order valence-electron chi connectivity index (χ0n) is 15.7. The second-order valence-corrected chi connectivity index (χ2v) is 9.23. The van der Waals surface area contributed by atoms with Crippen LogP contribution in [0.25, 0.3) is 0 Å². The molecule has 4 rings (SSSR count). The van der Waals surface area contributed by atoms with Crippen LogP contribution in [0.1, 0.15) is 49.7 Å². The molecule has 2 aromatic rings. The Morgan fingerprint density at radius 1 is 0.828 bits per heavy atom. The second kappa shape index (κ2) is 8.74. The molecule has 2 fully saturated rings. The lowest BCUT2D eigenvalue weighted by molar-refractivity contribution is -0.126. The van der Waals surface area contributed by atoms with E-state index in [9.17, 15) is 4.79 Å². The highest BCUT2D eigenvalue weighted by Gasteiger charge is 2.44. The van der Waals surface area contributed by atoms with Gasteiger partial charge >= 0.3 is 0 Å². The summed E-state index contributed by atoms with van der Waals surface area (Å²) in [6.45, 7) is 0. The smallest absolute Gasteiger partial charge is 0.228 e. The minimum absolute atomic E-state index is 0.271. The molecule has 7 heteroatoms. The van der Waals surface area contributed by atoms with Gasteiger partial charge in [0.1, 0.15) is 0 Å². The van der Waals surface area contributed by atoms with Crippen molar-refractivity contribution >= 4 is 52.3 Å². The molecule has 152 valence electrons. The highest BCUT2D eigenvalue weighted by molar-refractivity contribution is 6.42. The fourth-order valence-electron chi connectivity index (χ4n) is 3.79. The lowest BCUT2D eigenvalue weighted by Crippen LogP contribution is -2.46. The van der Waals surface area contributed by atoms with Gasteiger partial charge in [-0.1, -0.05) is 65.0 Å². The summed E-state index contributed by atoms with van der Waals surface area (Å²) in [4.78, 5) is 11.4. The van der Waals surface area contributed by atoms with E-state index in [-0.39, 0.29) is 11.3 Å². The first-order chi connectivity index (χ1) is 13.7. The molecule has 2 saturated carbocycles. The molecular weight excluding hydrogens is 450 g/mol. The van der Waals surface area contributed by atoms with Gasteiger partial charge in [-0.3, -0.25) is 4.79 Å². The van der Waals surface area contributed by atoms with Crippen LogP contribution in [0.5, 0.6) is 0 Å². The van der Waals surface area contributed by atoms with Gasteiger partial charge in [0.2, 0.25) is 5.91 Å². The van der Waals surface area contributed by atoms with Crippen LogP contribution < -0.4 is 5.73 Å². The Bertz CT molecular complexity index is 975. The van der Waals surface area contributed by atoms with Gasteiger partial charge < -0.3 is 5.73 Å². The molecule has 2 aromatic carbocycles. The zero-order valence-corrected chi connectivity index (χ0v) is 18.7. The van der Waals surface area contributed by atoms with E-state index in [4.69, 9.17) is 57.4 Å². The van der Waals surface area contributed by atoms with Crippen LogP contribution in [-0.4, -0.2) is 5.91 Å². The van der Waals surface area contributed by atoms with Gasteiger partial charge in [0.15, 0.2) is 0 Å². The van der Waals surface area contributed by atoms with E-state index in [1.165, 1.54) is 0 Å². The van der Waals surface area contributed by atoms with Crippen LogP contribution in [-0.2, 0) is 15.6 Å². The molecule has 3 nitrogen and oxygen atoms in total. The third-order valence-electron chi connectivity index (χ3n) is 6.04. The first-order valence-corrected chi connectivity index (χ1v) is 10.9. The summed E-state index contributed by atoms with van der Waals surface area (Å²) in [6.07, 6.45) is 5.63. The second-order valence-electron chi connectivity index (χ2n) is 7.61. The number of carbonyl (C=O) groups excluding carboxylic acids is 1. The van der Waals surface area contributed by atoms with E-state index in [0.717, 1.165) is 49.7 Å². The third-order valence-corrected chi connectivity index (χ3v) is 7.52. The minimum atomic E-state index is -0.506. The molecule has 0 aromatic heterocycles. The molecule has 2 N–H and O–H groups in total. The Kier molecular flexibility index (Phi) is 6.70. The molecule has 1 amide bonds. The monoisotopic (exact) mass is 468 g/mol. The van der Waals surface area contributed by atoms with Crippen LogP contribution in [0, 0.1) is 11.3 Å². The van der Waals surface area contributed by atoms with Crippen LogP contribution in [0.15, 0.2) is 36.4 Å². The number of hydrogen-bond donors (Lipinski definition) is 1. The Labute approximate surface area is 190 Å². The Balaban J connectivity index is 0.000000166. The summed E-state index contributed by atoms with van der Waals surface area (Å²) in [5, 5.41) is 11.2. The number of rotatable bonds is 3. The number of hydrogen-bond acceptors (Lipinski definition) is 2. The number of amides is 1. The largest absolute Gasteiger partial charge is 0.369 e. The lowest BCUT2D eigenvalue weighted by atomic mass is 9.64. The van der Waals surface area contributed by atoms with Crippen LogP contribution >= 0.6 is 46.4 Å². The molecule has 0 radical (unpaired) electrons. The highest BCUT2D eigenvalue weighted by Crippen LogP contribution is 2.45. The standard InChI is InChI=1S/C11H11Cl2NO.C11H9Cl2N/c12-8-3-2-7(6-9(8)13)11(10(14)15)4-1-5-11;12-9-3-2-8(6-10(9)13)11(7-14)4-1-5-11/h2-3,6H,1,4-5H2,(H2,14,15);2-3,6H,1,4-5H2. The molecule has 2 aliphatic carbocycles. The van der Waals surface area contributed by atoms with E-state index in [2.05, 4.69) is 6.07 Å². The number of nitrogens with two attached hydrogens (primary N) is 1. The number of carbonyl (C=O) groups is 1. The summed E-state index contributed by atoms with van der Waals surface area (Å²) in [7, 11) is 0. The maximum atomic E-state index is 11.4. The molecule has 2 aliphatic rings. The Hall–Kier alpha value is -1.44. The number of primary amides is 1. The zero-order chi connectivity index (χ0) is 21.2. The first-order valence-electron chi connectivity index (χ1n) is 9.36. The van der Waals surface area contributed by atoms with Crippen molar-refractivity contribution in [3.63, 3.8) is 0 Å². The molecule has 0 spiro atoms. The van der Waals surface area contributed by atoms with Gasteiger partial charge in [-0.2, -0.15) is 5.26 Å². The van der Waals surface area contributed by atoms with Crippen molar-refractivity contribution < 1.29 is 4.79 Å². The molecule has 0 saturated heterocycles. The minimum Gasteiger partial charge on any atom is -0.369 e. The van der Waals surface area contributed by atoms with Crippen molar-refractivity contribution in [2.24, 2.45) is 5.73 Å². The molecule has 0 heterocycles. The van der Waals surface area contributed by atoms with Gasteiger partial charge in [0.25, 0.3) is 0 Å². The van der Waals surface area contributed by atoms with Gasteiger partial charge in [0.05, 0.1) is 37.0 Å². The maximum absolute atomic E-state index is 11.4. The van der Waals surface area contributed by atoms with E-state index in [0.29, 0.717) is 20.1 Å². The van der Waals surface area contributed by atoms with E-state index < -0.39 is 5.41 Å². The predicted molar refractivity (Wildman–Crippen MR) is 119 cm³/mol. The molecule has 0 unspecified atom stereocenters.